The van der Waals surface area contributed by atoms with Crippen LogP contribution in [0.15, 0.2) is 22.7 Å². The second kappa shape index (κ2) is 4.25. The lowest BCUT2D eigenvalue weighted by atomic mass is 10.2. The molecule has 0 aromatic heterocycles. The quantitative estimate of drug-likeness (QED) is 0.776. The molecule has 0 fully saturated rings. The summed E-state index contributed by atoms with van der Waals surface area (Å²) in [6.45, 7) is 0. The molecule has 0 unspecified atom stereocenters. The van der Waals surface area contributed by atoms with Crippen LogP contribution in [0.25, 0.3) is 0 Å². The Hall–Kier alpha value is -1.07. The van der Waals surface area contributed by atoms with Crippen LogP contribution in [0.2, 0.25) is 0 Å². The van der Waals surface area contributed by atoms with E-state index in [1.807, 2.05) is 0 Å². The maximum Gasteiger partial charge on any atom is 0.274 e. The summed E-state index contributed by atoms with van der Waals surface area (Å²) in [4.78, 5) is 15.6. The topological polar surface area (TPSA) is 58.6 Å². The van der Waals surface area contributed by atoms with E-state index in [-0.39, 0.29) is 5.75 Å². The van der Waals surface area contributed by atoms with Gasteiger partial charge in [-0.25, -0.2) is 5.48 Å². The molecule has 0 aliphatic heterocycles. The molecule has 13 heavy (non-hydrogen) atoms. The molecular weight excluding hydrogens is 238 g/mol. The molecular formula is C8H8BrNO3. The van der Waals surface area contributed by atoms with Gasteiger partial charge in [-0.2, -0.15) is 0 Å². The molecule has 0 atom stereocenters. The van der Waals surface area contributed by atoms with E-state index in [0.717, 1.165) is 0 Å². The molecule has 1 aromatic carbocycles. The molecule has 0 aliphatic carbocycles. The number of carbonyl (C=O) groups excluding carboxylic acids is 1. The van der Waals surface area contributed by atoms with Gasteiger partial charge < -0.3 is 5.11 Å². The normalized spacial score (nSPS) is 9.69. The van der Waals surface area contributed by atoms with E-state index in [9.17, 15) is 9.90 Å². The number of phenolic OH excluding ortho intramolecular Hbond substituents is 1. The molecule has 1 amide bonds. The summed E-state index contributed by atoms with van der Waals surface area (Å²) in [7, 11) is 1.34. The maximum atomic E-state index is 11.1. The van der Waals surface area contributed by atoms with Crippen molar-refractivity contribution in [3.63, 3.8) is 0 Å². The van der Waals surface area contributed by atoms with Gasteiger partial charge in [-0.05, 0) is 34.1 Å². The summed E-state index contributed by atoms with van der Waals surface area (Å²) in [6, 6.07) is 4.50. The number of hydrogen-bond donors (Lipinski definition) is 2. The van der Waals surface area contributed by atoms with E-state index in [4.69, 9.17) is 0 Å². The molecule has 0 heterocycles. The van der Waals surface area contributed by atoms with Crippen molar-refractivity contribution in [2.75, 3.05) is 7.11 Å². The summed E-state index contributed by atoms with van der Waals surface area (Å²) in [5, 5.41) is 9.25. The van der Waals surface area contributed by atoms with E-state index >= 15 is 0 Å². The molecule has 1 aromatic rings. The van der Waals surface area contributed by atoms with Crippen LogP contribution in [0.3, 0.4) is 0 Å². The van der Waals surface area contributed by atoms with E-state index in [2.05, 4.69) is 26.2 Å². The first-order valence-corrected chi connectivity index (χ1v) is 4.26. The van der Waals surface area contributed by atoms with Gasteiger partial charge in [0.05, 0.1) is 11.6 Å². The number of amides is 1. The number of halogens is 1. The zero-order valence-electron chi connectivity index (χ0n) is 6.87. The first-order valence-electron chi connectivity index (χ1n) is 3.47. The van der Waals surface area contributed by atoms with Crippen molar-refractivity contribution in [1.82, 2.24) is 5.48 Å². The lowest BCUT2D eigenvalue weighted by Crippen LogP contribution is -2.21. The minimum absolute atomic E-state index is 0.0174. The molecule has 0 bridgehead atoms. The number of hydrogen-bond acceptors (Lipinski definition) is 3. The van der Waals surface area contributed by atoms with Crippen molar-refractivity contribution in [2.24, 2.45) is 0 Å². The number of benzene rings is 1. The first-order chi connectivity index (χ1) is 6.15. The van der Waals surface area contributed by atoms with Crippen molar-refractivity contribution < 1.29 is 14.7 Å². The fourth-order valence-corrected chi connectivity index (χ4v) is 1.05. The molecule has 1 rings (SSSR count). The highest BCUT2D eigenvalue weighted by Gasteiger charge is 2.06. The Labute approximate surface area is 83.6 Å². The van der Waals surface area contributed by atoms with Crippen molar-refractivity contribution in [2.45, 2.75) is 0 Å². The molecule has 0 spiro atoms. The SMILES string of the molecule is CONC(=O)c1ccc(Br)c(O)c1. The van der Waals surface area contributed by atoms with Crippen LogP contribution >= 0.6 is 15.9 Å². The van der Waals surface area contributed by atoms with Gasteiger partial charge in [0, 0.05) is 5.56 Å². The lowest BCUT2D eigenvalue weighted by molar-refractivity contribution is 0.0537. The number of nitrogens with one attached hydrogen (secondary N) is 1. The van der Waals surface area contributed by atoms with E-state index in [0.29, 0.717) is 10.0 Å². The smallest absolute Gasteiger partial charge is 0.274 e. The summed E-state index contributed by atoms with van der Waals surface area (Å²) >= 11 is 3.10. The van der Waals surface area contributed by atoms with Crippen molar-refractivity contribution in [3.05, 3.63) is 28.2 Å². The molecule has 5 heteroatoms. The third-order valence-electron chi connectivity index (χ3n) is 1.40. The van der Waals surface area contributed by atoms with Crippen LogP contribution in [0.4, 0.5) is 0 Å². The monoisotopic (exact) mass is 245 g/mol. The minimum atomic E-state index is -0.398. The second-order valence-electron chi connectivity index (χ2n) is 2.30. The van der Waals surface area contributed by atoms with Gasteiger partial charge in [-0.1, -0.05) is 0 Å². The number of rotatable bonds is 2. The van der Waals surface area contributed by atoms with Crippen LogP contribution in [-0.2, 0) is 4.84 Å². The van der Waals surface area contributed by atoms with Gasteiger partial charge in [0.2, 0.25) is 0 Å². The summed E-state index contributed by atoms with van der Waals surface area (Å²) in [5.74, 6) is -0.381. The highest BCUT2D eigenvalue weighted by atomic mass is 79.9. The number of carbonyl (C=O) groups is 1. The zero-order chi connectivity index (χ0) is 9.84. The molecule has 2 N–H and O–H groups in total. The Morgan fingerprint density at radius 2 is 2.31 bits per heavy atom. The maximum absolute atomic E-state index is 11.1. The molecule has 0 saturated heterocycles. The van der Waals surface area contributed by atoms with E-state index < -0.39 is 5.91 Å². The van der Waals surface area contributed by atoms with Crippen LogP contribution in [0.1, 0.15) is 10.4 Å². The Balaban J connectivity index is 2.90. The minimum Gasteiger partial charge on any atom is -0.507 e. The predicted octanol–water partition coefficient (Wildman–Crippen LogP) is 1.45. The second-order valence-corrected chi connectivity index (χ2v) is 3.16. The average Bonchev–Trinajstić information content (AvgIpc) is 2.10. The van der Waals surface area contributed by atoms with Crippen molar-refractivity contribution >= 4 is 21.8 Å². The number of aromatic hydroxyl groups is 1. The first kappa shape index (κ1) is 10.0. The van der Waals surface area contributed by atoms with Gasteiger partial charge >= 0.3 is 0 Å². The van der Waals surface area contributed by atoms with Gasteiger partial charge in [0.1, 0.15) is 5.75 Å². The van der Waals surface area contributed by atoms with Crippen LogP contribution in [0, 0.1) is 0 Å². The van der Waals surface area contributed by atoms with Crippen LogP contribution < -0.4 is 5.48 Å². The summed E-state index contributed by atoms with van der Waals surface area (Å²) in [5.41, 5.74) is 2.48. The number of phenols is 1. The fraction of sp³-hybridized carbons (Fsp3) is 0.125. The zero-order valence-corrected chi connectivity index (χ0v) is 8.46. The van der Waals surface area contributed by atoms with Gasteiger partial charge in [0.25, 0.3) is 5.91 Å². The van der Waals surface area contributed by atoms with E-state index in [1.54, 1.807) is 12.1 Å². The van der Waals surface area contributed by atoms with Gasteiger partial charge in [0.15, 0.2) is 0 Å². The predicted molar refractivity (Wildman–Crippen MR) is 50.3 cm³/mol. The third-order valence-corrected chi connectivity index (χ3v) is 2.07. The molecule has 70 valence electrons. The van der Waals surface area contributed by atoms with Crippen LogP contribution in [0.5, 0.6) is 5.75 Å². The Morgan fingerprint density at radius 1 is 1.62 bits per heavy atom. The standard InChI is InChI=1S/C8H8BrNO3/c1-13-10-8(12)5-2-3-6(9)7(11)4-5/h2-4,11H,1H3,(H,10,12). The molecule has 4 nitrogen and oxygen atoms in total. The Bertz CT molecular complexity index is 327. The molecule has 0 radical (unpaired) electrons. The van der Waals surface area contributed by atoms with Gasteiger partial charge in [-0.15, -0.1) is 0 Å². The highest BCUT2D eigenvalue weighted by Crippen LogP contribution is 2.24. The Morgan fingerprint density at radius 3 is 2.85 bits per heavy atom. The highest BCUT2D eigenvalue weighted by molar-refractivity contribution is 9.10. The average molecular weight is 246 g/mol. The van der Waals surface area contributed by atoms with Crippen molar-refractivity contribution in [3.8, 4) is 5.75 Å². The van der Waals surface area contributed by atoms with Crippen LogP contribution in [-0.4, -0.2) is 18.1 Å². The summed E-state index contributed by atoms with van der Waals surface area (Å²) < 4.78 is 0.543. The van der Waals surface area contributed by atoms with E-state index in [1.165, 1.54) is 13.2 Å². The molecule has 0 saturated carbocycles. The molecule has 0 aliphatic rings. The largest absolute Gasteiger partial charge is 0.507 e. The number of hydroxylamine groups is 1. The third kappa shape index (κ3) is 2.43. The Kier molecular flexibility index (Phi) is 3.27. The summed E-state index contributed by atoms with van der Waals surface area (Å²) in [6.07, 6.45) is 0. The fourth-order valence-electron chi connectivity index (χ4n) is 0.806. The van der Waals surface area contributed by atoms with Gasteiger partial charge in [-0.3, -0.25) is 9.63 Å². The van der Waals surface area contributed by atoms with Crippen molar-refractivity contribution in [1.29, 1.82) is 0 Å². The lowest BCUT2D eigenvalue weighted by Gasteiger charge is -2.02.